The Morgan fingerprint density at radius 3 is 2.14 bits per heavy atom. The number of nitrogens with zero attached hydrogens (tertiary/aromatic N) is 1. The highest BCUT2D eigenvalue weighted by Gasteiger charge is 2.40. The summed E-state index contributed by atoms with van der Waals surface area (Å²) in [6.07, 6.45) is 11.4. The zero-order valence-electron chi connectivity index (χ0n) is 15.0. The molecule has 0 aromatic heterocycles. The van der Waals surface area contributed by atoms with E-state index in [1.54, 1.807) is 0 Å². The van der Waals surface area contributed by atoms with Gasteiger partial charge in [-0.15, -0.1) is 0 Å². The molecular weight excluding hydrogens is 256 g/mol. The summed E-state index contributed by atoms with van der Waals surface area (Å²) in [5.74, 6) is 1.88. The second kappa shape index (κ2) is 7.97. The van der Waals surface area contributed by atoms with Gasteiger partial charge in [0.1, 0.15) is 0 Å². The highest BCUT2D eigenvalue weighted by Crippen LogP contribution is 2.37. The van der Waals surface area contributed by atoms with E-state index in [-0.39, 0.29) is 0 Å². The second-order valence-electron chi connectivity index (χ2n) is 7.93. The quantitative estimate of drug-likeness (QED) is 0.779. The molecule has 2 fully saturated rings. The Balaban J connectivity index is 2.02. The van der Waals surface area contributed by atoms with Crippen LogP contribution in [-0.2, 0) is 0 Å². The lowest BCUT2D eigenvalue weighted by molar-refractivity contribution is 0.0291. The predicted molar refractivity (Wildman–Crippen MR) is 92.7 cm³/mol. The van der Waals surface area contributed by atoms with Crippen molar-refractivity contribution in [3.05, 3.63) is 0 Å². The van der Waals surface area contributed by atoms with E-state index in [4.69, 9.17) is 0 Å². The normalized spacial score (nSPS) is 30.3. The van der Waals surface area contributed by atoms with E-state index in [2.05, 4.69) is 37.9 Å². The van der Waals surface area contributed by atoms with Crippen LogP contribution in [0.25, 0.3) is 0 Å². The first-order chi connectivity index (χ1) is 10.1. The Labute approximate surface area is 133 Å². The molecule has 0 bridgehead atoms. The summed E-state index contributed by atoms with van der Waals surface area (Å²) in [6, 6.07) is 0.665. The largest absolute Gasteiger partial charge is 0.312 e. The molecule has 21 heavy (non-hydrogen) atoms. The van der Waals surface area contributed by atoms with Crippen LogP contribution in [0, 0.1) is 11.8 Å². The maximum atomic E-state index is 3.88. The molecule has 1 aliphatic heterocycles. The Morgan fingerprint density at radius 2 is 1.62 bits per heavy atom. The molecule has 2 rings (SSSR count). The van der Waals surface area contributed by atoms with Gasteiger partial charge in [0.25, 0.3) is 0 Å². The smallest absolute Gasteiger partial charge is 0.0308 e. The molecule has 0 aromatic rings. The molecular formula is C19H38N2. The maximum absolute atomic E-state index is 3.88. The Bertz CT molecular complexity index is 286. The minimum atomic E-state index is 0.306. The van der Waals surface area contributed by atoms with Crippen LogP contribution in [0.3, 0.4) is 0 Å². The summed E-state index contributed by atoms with van der Waals surface area (Å²) < 4.78 is 0. The molecule has 1 saturated carbocycles. The lowest BCUT2D eigenvalue weighted by Gasteiger charge is -2.50. The van der Waals surface area contributed by atoms with Gasteiger partial charge in [0.2, 0.25) is 0 Å². The van der Waals surface area contributed by atoms with Crippen LogP contribution >= 0.6 is 0 Å². The molecule has 0 aromatic carbocycles. The van der Waals surface area contributed by atoms with Crippen molar-refractivity contribution in [1.29, 1.82) is 0 Å². The monoisotopic (exact) mass is 294 g/mol. The highest BCUT2D eigenvalue weighted by molar-refractivity contribution is 4.99. The number of likely N-dealkylation sites (N-methyl/N-ethyl adjacent to an activating group) is 1. The first-order valence-corrected chi connectivity index (χ1v) is 9.58. The molecule has 0 radical (unpaired) electrons. The molecule has 1 N–H and O–H groups in total. The SMILES string of the molecule is CCNC(C1CCC(CC)CC1)C(C)(C)N1CCCCC1. The summed E-state index contributed by atoms with van der Waals surface area (Å²) >= 11 is 0. The van der Waals surface area contributed by atoms with Crippen LogP contribution in [-0.4, -0.2) is 36.1 Å². The van der Waals surface area contributed by atoms with Crippen molar-refractivity contribution >= 4 is 0 Å². The van der Waals surface area contributed by atoms with Gasteiger partial charge < -0.3 is 5.32 Å². The summed E-state index contributed by atoms with van der Waals surface area (Å²) in [4.78, 5) is 2.77. The van der Waals surface area contributed by atoms with E-state index in [0.717, 1.165) is 18.4 Å². The molecule has 1 saturated heterocycles. The molecule has 2 nitrogen and oxygen atoms in total. The van der Waals surface area contributed by atoms with E-state index >= 15 is 0 Å². The van der Waals surface area contributed by atoms with Crippen molar-refractivity contribution in [2.45, 2.75) is 90.6 Å². The van der Waals surface area contributed by atoms with E-state index < -0.39 is 0 Å². The molecule has 124 valence electrons. The summed E-state index contributed by atoms with van der Waals surface area (Å²) in [5.41, 5.74) is 0.306. The third-order valence-corrected chi connectivity index (χ3v) is 6.30. The van der Waals surface area contributed by atoms with Crippen LogP contribution in [0.1, 0.15) is 79.1 Å². The molecule has 2 aliphatic rings. The molecule has 2 heteroatoms. The standard InChI is InChI=1S/C19H38N2/c1-5-16-10-12-17(13-11-16)18(20-6-2)19(3,4)21-14-8-7-9-15-21/h16-18,20H,5-15H2,1-4H3. The third-order valence-electron chi connectivity index (χ3n) is 6.30. The Hall–Kier alpha value is -0.0800. The van der Waals surface area contributed by atoms with Crippen molar-refractivity contribution < 1.29 is 0 Å². The van der Waals surface area contributed by atoms with Crippen LogP contribution in [0.4, 0.5) is 0 Å². The summed E-state index contributed by atoms with van der Waals surface area (Å²) in [7, 11) is 0. The van der Waals surface area contributed by atoms with Gasteiger partial charge in [-0.2, -0.15) is 0 Å². The maximum Gasteiger partial charge on any atom is 0.0308 e. The van der Waals surface area contributed by atoms with Crippen molar-refractivity contribution in [2.75, 3.05) is 19.6 Å². The van der Waals surface area contributed by atoms with Gasteiger partial charge in [0.05, 0.1) is 0 Å². The Morgan fingerprint density at radius 1 is 1.00 bits per heavy atom. The summed E-state index contributed by atoms with van der Waals surface area (Å²) in [5, 5.41) is 3.88. The number of nitrogens with one attached hydrogen (secondary N) is 1. The fourth-order valence-electron chi connectivity index (χ4n) is 4.81. The van der Waals surface area contributed by atoms with Crippen LogP contribution < -0.4 is 5.32 Å². The lowest BCUT2D eigenvalue weighted by Crippen LogP contribution is -2.61. The molecule has 0 amide bonds. The van der Waals surface area contributed by atoms with Gasteiger partial charge in [-0.05, 0) is 71.0 Å². The number of hydrogen-bond acceptors (Lipinski definition) is 2. The number of hydrogen-bond donors (Lipinski definition) is 1. The fourth-order valence-corrected chi connectivity index (χ4v) is 4.81. The van der Waals surface area contributed by atoms with Gasteiger partial charge in [-0.1, -0.05) is 39.5 Å². The van der Waals surface area contributed by atoms with Gasteiger partial charge in [0, 0.05) is 11.6 Å². The van der Waals surface area contributed by atoms with Crippen LogP contribution in [0.2, 0.25) is 0 Å². The number of rotatable bonds is 6. The Kier molecular flexibility index (Phi) is 6.55. The topological polar surface area (TPSA) is 15.3 Å². The fraction of sp³-hybridized carbons (Fsp3) is 1.00. The highest BCUT2D eigenvalue weighted by atomic mass is 15.2. The molecule has 1 heterocycles. The second-order valence-corrected chi connectivity index (χ2v) is 7.93. The zero-order valence-corrected chi connectivity index (χ0v) is 15.0. The van der Waals surface area contributed by atoms with Crippen molar-refractivity contribution in [2.24, 2.45) is 11.8 Å². The lowest BCUT2D eigenvalue weighted by atomic mass is 9.72. The molecule has 1 unspecified atom stereocenters. The van der Waals surface area contributed by atoms with Crippen molar-refractivity contribution in [1.82, 2.24) is 10.2 Å². The molecule has 1 atom stereocenters. The molecule has 0 spiro atoms. The van der Waals surface area contributed by atoms with Crippen molar-refractivity contribution in [3.8, 4) is 0 Å². The minimum Gasteiger partial charge on any atom is -0.312 e. The summed E-state index contributed by atoms with van der Waals surface area (Å²) in [6.45, 7) is 13.4. The average Bonchev–Trinajstić information content (AvgIpc) is 2.53. The van der Waals surface area contributed by atoms with Gasteiger partial charge in [-0.3, -0.25) is 4.90 Å². The minimum absolute atomic E-state index is 0.306. The first-order valence-electron chi connectivity index (χ1n) is 9.58. The molecule has 1 aliphatic carbocycles. The van der Waals surface area contributed by atoms with Gasteiger partial charge in [0.15, 0.2) is 0 Å². The number of likely N-dealkylation sites (tertiary alicyclic amines) is 1. The number of piperidine rings is 1. The van der Waals surface area contributed by atoms with Crippen LogP contribution in [0.15, 0.2) is 0 Å². The van der Waals surface area contributed by atoms with E-state index in [1.807, 2.05) is 0 Å². The van der Waals surface area contributed by atoms with Gasteiger partial charge >= 0.3 is 0 Å². The first kappa shape index (κ1) is 17.3. The average molecular weight is 295 g/mol. The van der Waals surface area contributed by atoms with E-state index in [0.29, 0.717) is 11.6 Å². The third kappa shape index (κ3) is 4.22. The van der Waals surface area contributed by atoms with E-state index in [1.165, 1.54) is 64.5 Å². The van der Waals surface area contributed by atoms with Crippen molar-refractivity contribution in [3.63, 3.8) is 0 Å². The zero-order chi connectivity index (χ0) is 15.3. The van der Waals surface area contributed by atoms with Crippen LogP contribution in [0.5, 0.6) is 0 Å². The van der Waals surface area contributed by atoms with Gasteiger partial charge in [-0.25, -0.2) is 0 Å². The predicted octanol–water partition coefficient (Wildman–Crippen LogP) is 4.45. The van der Waals surface area contributed by atoms with E-state index in [9.17, 15) is 0 Å².